The number of benzene rings is 1. The summed E-state index contributed by atoms with van der Waals surface area (Å²) in [5.74, 6) is -3.55. The molecular formula is C12H12F5NO2. The lowest BCUT2D eigenvalue weighted by Crippen LogP contribution is -2.40. The van der Waals surface area contributed by atoms with Gasteiger partial charge in [0.2, 0.25) is 0 Å². The van der Waals surface area contributed by atoms with Crippen LogP contribution in [0.15, 0.2) is 18.2 Å². The highest BCUT2D eigenvalue weighted by molar-refractivity contribution is 5.69. The normalized spacial score (nSPS) is 13.6. The van der Waals surface area contributed by atoms with E-state index < -0.39 is 48.5 Å². The van der Waals surface area contributed by atoms with Crippen LogP contribution < -0.4 is 0 Å². The van der Waals surface area contributed by atoms with E-state index in [1.807, 2.05) is 0 Å². The summed E-state index contributed by atoms with van der Waals surface area (Å²) in [6, 6.07) is 1.52. The molecule has 0 bridgehead atoms. The average Bonchev–Trinajstić information content (AvgIpc) is 2.25. The van der Waals surface area contributed by atoms with E-state index >= 15 is 0 Å². The molecule has 1 aromatic rings. The van der Waals surface area contributed by atoms with Crippen molar-refractivity contribution in [3.8, 4) is 0 Å². The monoisotopic (exact) mass is 297 g/mol. The predicted octanol–water partition coefficient (Wildman–Crippen LogP) is 2.97. The zero-order valence-corrected chi connectivity index (χ0v) is 10.4. The smallest absolute Gasteiger partial charge is 0.401 e. The van der Waals surface area contributed by atoms with E-state index in [1.54, 1.807) is 0 Å². The Morgan fingerprint density at radius 3 is 2.20 bits per heavy atom. The molecule has 0 amide bonds. The fourth-order valence-electron chi connectivity index (χ4n) is 1.83. The Balaban J connectivity index is 3.09. The van der Waals surface area contributed by atoms with Crippen LogP contribution in [0.4, 0.5) is 22.0 Å². The first-order valence-corrected chi connectivity index (χ1v) is 5.58. The molecule has 0 aliphatic carbocycles. The summed E-state index contributed by atoms with van der Waals surface area (Å²) in [6.07, 6.45) is -4.68. The van der Waals surface area contributed by atoms with Crippen LogP contribution >= 0.6 is 0 Å². The third-order valence-corrected chi connectivity index (χ3v) is 2.69. The van der Waals surface area contributed by atoms with E-state index in [4.69, 9.17) is 5.11 Å². The highest BCUT2D eigenvalue weighted by Gasteiger charge is 2.35. The van der Waals surface area contributed by atoms with Gasteiger partial charge < -0.3 is 5.11 Å². The van der Waals surface area contributed by atoms with Gasteiger partial charge in [0.05, 0.1) is 13.1 Å². The third-order valence-electron chi connectivity index (χ3n) is 2.69. The number of carbonyl (C=O) groups is 1. The number of hydrogen-bond donors (Lipinski definition) is 1. The van der Waals surface area contributed by atoms with Crippen molar-refractivity contribution in [1.82, 2.24) is 4.90 Å². The lowest BCUT2D eigenvalue weighted by molar-refractivity contribution is -0.158. The molecule has 0 spiro atoms. The third kappa shape index (κ3) is 4.44. The van der Waals surface area contributed by atoms with E-state index in [2.05, 4.69) is 0 Å². The minimum atomic E-state index is -4.68. The molecule has 8 heteroatoms. The van der Waals surface area contributed by atoms with Gasteiger partial charge in [0.15, 0.2) is 0 Å². The Kier molecular flexibility index (Phi) is 5.04. The van der Waals surface area contributed by atoms with Gasteiger partial charge in [-0.1, -0.05) is 6.07 Å². The molecule has 0 fully saturated rings. The molecule has 112 valence electrons. The molecule has 0 saturated heterocycles. The number of carboxylic acid groups (broad SMARTS) is 1. The van der Waals surface area contributed by atoms with E-state index in [0.717, 1.165) is 25.1 Å². The highest BCUT2D eigenvalue weighted by Crippen LogP contribution is 2.28. The van der Waals surface area contributed by atoms with Crippen molar-refractivity contribution < 1.29 is 31.9 Å². The molecule has 20 heavy (non-hydrogen) atoms. The predicted molar refractivity (Wildman–Crippen MR) is 60.0 cm³/mol. The number of carboxylic acids is 1. The lowest BCUT2D eigenvalue weighted by atomic mass is 10.1. The van der Waals surface area contributed by atoms with Gasteiger partial charge in [0.25, 0.3) is 0 Å². The maximum Gasteiger partial charge on any atom is 0.401 e. The highest BCUT2D eigenvalue weighted by atomic mass is 19.4. The number of alkyl halides is 3. The molecule has 0 heterocycles. The van der Waals surface area contributed by atoms with Crippen LogP contribution in [-0.2, 0) is 4.79 Å². The minimum Gasteiger partial charge on any atom is -0.480 e. The van der Waals surface area contributed by atoms with Crippen LogP contribution in [0.1, 0.15) is 18.5 Å². The number of hydrogen-bond acceptors (Lipinski definition) is 2. The average molecular weight is 297 g/mol. The first kappa shape index (κ1) is 16.4. The van der Waals surface area contributed by atoms with E-state index in [9.17, 15) is 26.7 Å². The molecule has 0 aliphatic heterocycles. The molecule has 3 nitrogen and oxygen atoms in total. The second-order valence-electron chi connectivity index (χ2n) is 4.23. The van der Waals surface area contributed by atoms with Crippen LogP contribution in [0, 0.1) is 11.6 Å². The second kappa shape index (κ2) is 6.17. The summed E-state index contributed by atoms with van der Waals surface area (Å²) in [7, 11) is 0. The lowest BCUT2D eigenvalue weighted by Gasteiger charge is -2.29. The first-order chi connectivity index (χ1) is 9.11. The van der Waals surface area contributed by atoms with Gasteiger partial charge in [0.1, 0.15) is 11.6 Å². The van der Waals surface area contributed by atoms with Gasteiger partial charge in [-0.3, -0.25) is 9.69 Å². The largest absolute Gasteiger partial charge is 0.480 e. The summed E-state index contributed by atoms with van der Waals surface area (Å²) in [5, 5.41) is 8.62. The van der Waals surface area contributed by atoms with Gasteiger partial charge >= 0.3 is 12.1 Å². The number of aliphatic carboxylic acids is 1. The van der Waals surface area contributed by atoms with E-state index in [0.29, 0.717) is 4.90 Å². The van der Waals surface area contributed by atoms with Gasteiger partial charge in [-0.25, -0.2) is 8.78 Å². The molecule has 1 N–H and O–H groups in total. The maximum absolute atomic E-state index is 13.5. The van der Waals surface area contributed by atoms with Crippen LogP contribution in [0.25, 0.3) is 0 Å². The fraction of sp³-hybridized carbons (Fsp3) is 0.417. The van der Waals surface area contributed by atoms with E-state index in [1.165, 1.54) is 0 Å². The van der Waals surface area contributed by atoms with Crippen LogP contribution in [-0.4, -0.2) is 35.2 Å². The molecule has 1 rings (SSSR count). The second-order valence-corrected chi connectivity index (χ2v) is 4.23. The molecule has 1 atom stereocenters. The number of rotatable bonds is 5. The van der Waals surface area contributed by atoms with Crippen LogP contribution in [0.5, 0.6) is 0 Å². The Hall–Kier alpha value is -1.70. The zero-order chi connectivity index (χ0) is 15.5. The summed E-state index contributed by atoms with van der Waals surface area (Å²) >= 11 is 0. The van der Waals surface area contributed by atoms with Crippen molar-refractivity contribution in [1.29, 1.82) is 0 Å². The molecule has 0 aliphatic rings. The van der Waals surface area contributed by atoms with Crippen molar-refractivity contribution >= 4 is 5.97 Å². The molecule has 0 saturated carbocycles. The molecular weight excluding hydrogens is 285 g/mol. The Morgan fingerprint density at radius 1 is 1.30 bits per heavy atom. The Bertz CT molecular complexity index is 469. The fourth-order valence-corrected chi connectivity index (χ4v) is 1.83. The number of nitrogens with zero attached hydrogens (tertiary/aromatic N) is 1. The van der Waals surface area contributed by atoms with Crippen LogP contribution in [0.3, 0.4) is 0 Å². The van der Waals surface area contributed by atoms with E-state index in [-0.39, 0.29) is 0 Å². The molecule has 0 radical (unpaired) electrons. The summed E-state index contributed by atoms with van der Waals surface area (Å²) in [5.41, 5.74) is -0.585. The summed E-state index contributed by atoms with van der Waals surface area (Å²) in [6.45, 7) is -1.43. The maximum atomic E-state index is 13.5. The SMILES string of the molecule is CC(c1c(F)cccc1F)N(CC(=O)O)CC(F)(F)F. The van der Waals surface area contributed by atoms with Crippen molar-refractivity contribution in [2.24, 2.45) is 0 Å². The van der Waals surface area contributed by atoms with Crippen molar-refractivity contribution in [2.75, 3.05) is 13.1 Å². The minimum absolute atomic E-state index is 0.448. The van der Waals surface area contributed by atoms with Gasteiger partial charge in [-0.2, -0.15) is 13.2 Å². The topological polar surface area (TPSA) is 40.5 Å². The summed E-state index contributed by atoms with van der Waals surface area (Å²) in [4.78, 5) is 11.1. The standard InChI is InChI=1S/C12H12F5NO2/c1-7(11-8(13)3-2-4-9(11)14)18(5-10(19)20)6-12(15,16)17/h2-4,7H,5-6H2,1H3,(H,19,20). The zero-order valence-electron chi connectivity index (χ0n) is 10.4. The van der Waals surface area contributed by atoms with Crippen molar-refractivity contribution in [2.45, 2.75) is 19.1 Å². The van der Waals surface area contributed by atoms with Crippen molar-refractivity contribution in [3.05, 3.63) is 35.4 Å². The Morgan fingerprint density at radius 2 is 1.80 bits per heavy atom. The van der Waals surface area contributed by atoms with Gasteiger partial charge in [-0.05, 0) is 19.1 Å². The van der Waals surface area contributed by atoms with Crippen molar-refractivity contribution in [3.63, 3.8) is 0 Å². The molecule has 0 aromatic heterocycles. The first-order valence-electron chi connectivity index (χ1n) is 5.58. The molecule has 1 unspecified atom stereocenters. The molecule has 1 aromatic carbocycles. The summed E-state index contributed by atoms with van der Waals surface area (Å²) < 4.78 is 64.3. The Labute approximate surface area is 111 Å². The number of halogens is 5. The quantitative estimate of drug-likeness (QED) is 0.849. The van der Waals surface area contributed by atoms with Gasteiger partial charge in [0, 0.05) is 11.6 Å². The van der Waals surface area contributed by atoms with Gasteiger partial charge in [-0.15, -0.1) is 0 Å². The van der Waals surface area contributed by atoms with Crippen LogP contribution in [0.2, 0.25) is 0 Å².